The second kappa shape index (κ2) is 7.16. The molecule has 0 fully saturated rings. The molecule has 0 aliphatic carbocycles. The lowest BCUT2D eigenvalue weighted by Gasteiger charge is -2.20. The molecule has 3 aromatic rings. The van der Waals surface area contributed by atoms with Crippen molar-refractivity contribution in [3.05, 3.63) is 35.1 Å². The highest BCUT2D eigenvalue weighted by atomic mass is 32.1. The number of hydrogen-bond donors (Lipinski definition) is 2. The largest absolute Gasteiger partial charge is 0.341 e. The molecule has 0 aromatic carbocycles. The maximum atomic E-state index is 12.8. The zero-order valence-electron chi connectivity index (χ0n) is 15.0. The number of nitrogens with one attached hydrogen (secondary N) is 2. The average molecular weight is 373 g/mol. The van der Waals surface area contributed by atoms with Crippen LogP contribution in [0.5, 0.6) is 0 Å². The number of aromatic nitrogens is 5. The van der Waals surface area contributed by atoms with Gasteiger partial charge < -0.3 is 15.2 Å². The molecule has 4 rings (SSSR count). The zero-order chi connectivity index (χ0) is 18.1. The molecule has 0 bridgehead atoms. The van der Waals surface area contributed by atoms with Gasteiger partial charge in [-0.2, -0.15) is 0 Å². The number of fused-ring (bicyclic) bond motifs is 2. The van der Waals surface area contributed by atoms with Gasteiger partial charge >= 0.3 is 0 Å². The molecule has 4 heterocycles. The van der Waals surface area contributed by atoms with Crippen LogP contribution < -0.4 is 10.6 Å². The predicted octanol–water partition coefficient (Wildman–Crippen LogP) is 1.65. The molecule has 3 aromatic heterocycles. The van der Waals surface area contributed by atoms with Gasteiger partial charge in [0.25, 0.3) is 5.91 Å². The van der Waals surface area contributed by atoms with Crippen LogP contribution in [0, 0.1) is 5.92 Å². The zero-order valence-corrected chi connectivity index (χ0v) is 15.8. The fourth-order valence-electron chi connectivity index (χ4n) is 3.32. The predicted molar refractivity (Wildman–Crippen MR) is 99.3 cm³/mol. The minimum atomic E-state index is -0.179. The first-order chi connectivity index (χ1) is 12.6. The van der Waals surface area contributed by atoms with E-state index in [2.05, 4.69) is 44.2 Å². The van der Waals surface area contributed by atoms with Crippen LogP contribution in [0.2, 0.25) is 0 Å². The number of amides is 1. The summed E-state index contributed by atoms with van der Waals surface area (Å²) >= 11 is 1.51. The van der Waals surface area contributed by atoms with Crippen molar-refractivity contribution in [3.63, 3.8) is 0 Å². The Kier molecular flexibility index (Phi) is 4.73. The Hall–Kier alpha value is -2.26. The van der Waals surface area contributed by atoms with Crippen LogP contribution in [0.25, 0.3) is 4.96 Å². The van der Waals surface area contributed by atoms with Gasteiger partial charge in [0.15, 0.2) is 10.8 Å². The van der Waals surface area contributed by atoms with E-state index in [1.165, 1.54) is 11.3 Å². The number of thiazole rings is 1. The summed E-state index contributed by atoms with van der Waals surface area (Å²) in [5.74, 6) is 2.07. The minimum Gasteiger partial charge on any atom is -0.341 e. The molecule has 1 atom stereocenters. The quantitative estimate of drug-likeness (QED) is 0.710. The molecule has 9 heteroatoms. The number of imidazole rings is 1. The van der Waals surface area contributed by atoms with E-state index in [0.29, 0.717) is 11.6 Å². The average Bonchev–Trinajstić information content (AvgIpc) is 3.25. The van der Waals surface area contributed by atoms with Crippen molar-refractivity contribution in [3.8, 4) is 0 Å². The van der Waals surface area contributed by atoms with E-state index in [0.717, 1.165) is 49.1 Å². The van der Waals surface area contributed by atoms with Crippen LogP contribution in [-0.4, -0.2) is 43.1 Å². The molecule has 0 radical (unpaired) electrons. The summed E-state index contributed by atoms with van der Waals surface area (Å²) < 4.78 is 4.02. The first-order valence-corrected chi connectivity index (χ1v) is 9.85. The van der Waals surface area contributed by atoms with Crippen molar-refractivity contribution < 1.29 is 4.79 Å². The molecule has 8 nitrogen and oxygen atoms in total. The van der Waals surface area contributed by atoms with E-state index in [1.54, 1.807) is 6.20 Å². The standard InChI is InChI=1S/C17H23N7OS/c1-11(2)9-12(15-22-21-14-3-4-18-5-6-24(14)15)19-16(25)13-10-23-7-8-26-17(23)20-13/h7-8,10-12,18H,3-6,9H2,1-2H3,(H,19,25). The fourth-order valence-corrected chi connectivity index (χ4v) is 4.02. The molecule has 1 amide bonds. The lowest BCUT2D eigenvalue weighted by Crippen LogP contribution is -2.32. The van der Waals surface area contributed by atoms with Crippen LogP contribution in [-0.2, 0) is 13.0 Å². The van der Waals surface area contributed by atoms with Crippen LogP contribution >= 0.6 is 11.3 Å². The molecule has 1 aliphatic rings. The van der Waals surface area contributed by atoms with Crippen LogP contribution in [0.4, 0.5) is 0 Å². The van der Waals surface area contributed by atoms with E-state index < -0.39 is 0 Å². The van der Waals surface area contributed by atoms with Crippen molar-refractivity contribution in [1.82, 2.24) is 34.8 Å². The molecule has 0 saturated heterocycles. The van der Waals surface area contributed by atoms with Gasteiger partial charge in [-0.3, -0.25) is 9.20 Å². The lowest BCUT2D eigenvalue weighted by atomic mass is 10.0. The van der Waals surface area contributed by atoms with Gasteiger partial charge in [0, 0.05) is 43.8 Å². The van der Waals surface area contributed by atoms with Crippen LogP contribution in [0.15, 0.2) is 17.8 Å². The molecule has 0 spiro atoms. The maximum Gasteiger partial charge on any atom is 0.272 e. The molecule has 138 valence electrons. The number of nitrogens with zero attached hydrogens (tertiary/aromatic N) is 5. The third-order valence-electron chi connectivity index (χ3n) is 4.54. The summed E-state index contributed by atoms with van der Waals surface area (Å²) in [6.07, 6.45) is 5.33. The number of carbonyl (C=O) groups is 1. The molecular weight excluding hydrogens is 350 g/mol. The number of rotatable bonds is 5. The number of carbonyl (C=O) groups excluding carboxylic acids is 1. The lowest BCUT2D eigenvalue weighted by molar-refractivity contribution is 0.0924. The van der Waals surface area contributed by atoms with E-state index in [1.807, 2.05) is 16.0 Å². The van der Waals surface area contributed by atoms with Gasteiger partial charge in [-0.15, -0.1) is 21.5 Å². The molecule has 1 aliphatic heterocycles. The third kappa shape index (κ3) is 3.36. The maximum absolute atomic E-state index is 12.8. The van der Waals surface area contributed by atoms with Gasteiger partial charge in [0.05, 0.1) is 6.04 Å². The van der Waals surface area contributed by atoms with Gasteiger partial charge in [-0.05, 0) is 12.3 Å². The van der Waals surface area contributed by atoms with E-state index in [-0.39, 0.29) is 11.9 Å². The van der Waals surface area contributed by atoms with Crippen molar-refractivity contribution in [2.75, 3.05) is 13.1 Å². The Bertz CT molecular complexity index is 881. The highest BCUT2D eigenvalue weighted by Crippen LogP contribution is 2.22. The van der Waals surface area contributed by atoms with Crippen LogP contribution in [0.1, 0.15) is 48.4 Å². The van der Waals surface area contributed by atoms with Crippen molar-refractivity contribution in [2.45, 2.75) is 39.3 Å². The summed E-state index contributed by atoms with van der Waals surface area (Å²) in [7, 11) is 0. The normalized spacial score (nSPS) is 15.8. The minimum absolute atomic E-state index is 0.171. The van der Waals surface area contributed by atoms with Gasteiger partial charge in [-0.1, -0.05) is 13.8 Å². The summed E-state index contributed by atoms with van der Waals surface area (Å²) in [5.41, 5.74) is 0.433. The molecule has 0 saturated carbocycles. The van der Waals surface area contributed by atoms with Crippen molar-refractivity contribution in [2.24, 2.45) is 5.92 Å². The van der Waals surface area contributed by atoms with E-state index in [4.69, 9.17) is 0 Å². The van der Waals surface area contributed by atoms with Gasteiger partial charge in [0.1, 0.15) is 11.5 Å². The van der Waals surface area contributed by atoms with E-state index >= 15 is 0 Å². The smallest absolute Gasteiger partial charge is 0.272 e. The summed E-state index contributed by atoms with van der Waals surface area (Å²) in [6.45, 7) is 6.91. The van der Waals surface area contributed by atoms with Gasteiger partial charge in [0.2, 0.25) is 0 Å². The molecular formula is C17H23N7OS. The highest BCUT2D eigenvalue weighted by molar-refractivity contribution is 7.15. The second-order valence-electron chi connectivity index (χ2n) is 7.00. The Morgan fingerprint density at radius 1 is 1.38 bits per heavy atom. The Labute approximate surface area is 155 Å². The third-order valence-corrected chi connectivity index (χ3v) is 5.31. The monoisotopic (exact) mass is 373 g/mol. The van der Waals surface area contributed by atoms with E-state index in [9.17, 15) is 4.79 Å². The first kappa shape index (κ1) is 17.2. The summed E-state index contributed by atoms with van der Waals surface area (Å²) in [5, 5.41) is 17.2. The number of hydrogen-bond acceptors (Lipinski definition) is 6. The summed E-state index contributed by atoms with van der Waals surface area (Å²) in [4.78, 5) is 18.0. The molecule has 2 N–H and O–H groups in total. The SMILES string of the molecule is CC(C)CC(NC(=O)c1cn2ccsc2n1)c1nnc2n1CCNCC2. The topological polar surface area (TPSA) is 89.1 Å². The molecule has 26 heavy (non-hydrogen) atoms. The Balaban J connectivity index is 1.60. The fraction of sp³-hybridized carbons (Fsp3) is 0.529. The van der Waals surface area contributed by atoms with Crippen LogP contribution in [0.3, 0.4) is 0 Å². The Morgan fingerprint density at radius 2 is 2.27 bits per heavy atom. The Morgan fingerprint density at radius 3 is 3.08 bits per heavy atom. The second-order valence-corrected chi connectivity index (χ2v) is 7.87. The first-order valence-electron chi connectivity index (χ1n) is 8.97. The van der Waals surface area contributed by atoms with Crippen molar-refractivity contribution >= 4 is 22.2 Å². The summed E-state index contributed by atoms with van der Waals surface area (Å²) in [6, 6.07) is -0.179. The van der Waals surface area contributed by atoms with Crippen molar-refractivity contribution in [1.29, 1.82) is 0 Å². The highest BCUT2D eigenvalue weighted by Gasteiger charge is 2.26. The molecule has 1 unspecified atom stereocenters. The van der Waals surface area contributed by atoms with Gasteiger partial charge in [-0.25, -0.2) is 4.98 Å².